The number of thioether (sulfide) groups is 1. The van der Waals surface area contributed by atoms with E-state index in [0.29, 0.717) is 0 Å². The molecule has 2 heterocycles. The topological polar surface area (TPSA) is 38.7 Å². The third-order valence-electron chi connectivity index (χ3n) is 2.45. The molecule has 0 saturated carbocycles. The molecule has 0 saturated heterocycles. The van der Waals surface area contributed by atoms with Gasteiger partial charge in [-0.3, -0.25) is 0 Å². The number of hydrogen-bond acceptors (Lipinski definition) is 5. The van der Waals surface area contributed by atoms with Gasteiger partial charge in [-0.25, -0.2) is 15.0 Å². The van der Waals surface area contributed by atoms with E-state index in [1.165, 1.54) is 0 Å². The summed E-state index contributed by atoms with van der Waals surface area (Å²) >= 11 is 9.03. The molecule has 3 aromatic rings. The Morgan fingerprint density at radius 2 is 1.94 bits per heavy atom. The lowest BCUT2D eigenvalue weighted by Gasteiger charge is -1.95. The van der Waals surface area contributed by atoms with Crippen molar-refractivity contribution in [1.29, 1.82) is 0 Å². The predicted molar refractivity (Wildman–Crippen MR) is 77.4 cm³/mol. The van der Waals surface area contributed by atoms with Gasteiger partial charge in [0, 0.05) is 10.6 Å². The molecule has 90 valence electrons. The molecule has 3 nitrogen and oxygen atoms in total. The summed E-state index contributed by atoms with van der Waals surface area (Å²) in [5.74, 6) is 0. The Hall–Kier alpha value is -1.17. The van der Waals surface area contributed by atoms with Gasteiger partial charge in [-0.15, -0.1) is 11.8 Å². The molecule has 1 aromatic carbocycles. The molecule has 6 heteroatoms. The summed E-state index contributed by atoms with van der Waals surface area (Å²) in [6, 6.07) is 7.66. The van der Waals surface area contributed by atoms with E-state index in [-0.39, 0.29) is 0 Å². The monoisotopic (exact) mass is 293 g/mol. The van der Waals surface area contributed by atoms with E-state index in [1.54, 1.807) is 29.4 Å². The van der Waals surface area contributed by atoms with Gasteiger partial charge in [0.1, 0.15) is 26.7 Å². The van der Waals surface area contributed by atoms with Crippen LogP contribution in [0.25, 0.3) is 20.9 Å². The Kier molecular flexibility index (Phi) is 3.20. The highest BCUT2D eigenvalue weighted by Crippen LogP contribution is 2.32. The number of rotatable bonds is 2. The number of benzene rings is 1. The van der Waals surface area contributed by atoms with Crippen LogP contribution in [0.3, 0.4) is 0 Å². The molecule has 0 amide bonds. The Morgan fingerprint density at radius 3 is 2.67 bits per heavy atom. The maximum Gasteiger partial charge on any atom is 0.148 e. The molecule has 0 aliphatic heterocycles. The molecule has 0 aliphatic carbocycles. The van der Waals surface area contributed by atoms with Crippen molar-refractivity contribution in [2.24, 2.45) is 0 Å². The zero-order valence-electron chi connectivity index (χ0n) is 9.42. The lowest BCUT2D eigenvalue weighted by molar-refractivity contribution is 1.09. The van der Waals surface area contributed by atoms with Crippen LogP contribution < -0.4 is 0 Å². The van der Waals surface area contributed by atoms with E-state index in [2.05, 4.69) is 15.0 Å². The number of nitrogens with zero attached hydrogens (tertiary/aromatic N) is 3. The van der Waals surface area contributed by atoms with E-state index >= 15 is 0 Å². The van der Waals surface area contributed by atoms with Gasteiger partial charge >= 0.3 is 0 Å². The standard InChI is InChI=1S/C12H8ClN3S2/c1-17-11-9-12(15-6-14-11)18-10(16-9)7-2-4-8(13)5-3-7/h2-6H,1H3. The average Bonchev–Trinajstić information content (AvgIpc) is 2.83. The van der Waals surface area contributed by atoms with Crippen LogP contribution in [0.15, 0.2) is 35.6 Å². The van der Waals surface area contributed by atoms with Crippen LogP contribution in [0.4, 0.5) is 0 Å². The van der Waals surface area contributed by atoms with E-state index in [4.69, 9.17) is 11.6 Å². The van der Waals surface area contributed by atoms with Crippen LogP contribution >= 0.6 is 34.7 Å². The molecule has 3 rings (SSSR count). The van der Waals surface area contributed by atoms with Crippen LogP contribution in [0.5, 0.6) is 0 Å². The van der Waals surface area contributed by atoms with Gasteiger partial charge in [-0.05, 0) is 18.4 Å². The minimum absolute atomic E-state index is 0.726. The van der Waals surface area contributed by atoms with Gasteiger partial charge in [-0.2, -0.15) is 0 Å². The van der Waals surface area contributed by atoms with E-state index in [9.17, 15) is 0 Å². The lowest BCUT2D eigenvalue weighted by atomic mass is 10.2. The van der Waals surface area contributed by atoms with Crippen molar-refractivity contribution < 1.29 is 0 Å². The first kappa shape index (κ1) is 11.9. The molecule has 0 spiro atoms. The van der Waals surface area contributed by atoms with Crippen molar-refractivity contribution in [3.8, 4) is 10.6 Å². The first-order valence-corrected chi connectivity index (χ1v) is 7.61. The molecule has 0 radical (unpaired) electrons. The smallest absolute Gasteiger partial charge is 0.148 e. The molecule has 0 aliphatic rings. The molecule has 0 N–H and O–H groups in total. The van der Waals surface area contributed by atoms with Gasteiger partial charge in [0.2, 0.25) is 0 Å². The number of halogens is 1. The summed E-state index contributed by atoms with van der Waals surface area (Å²) in [7, 11) is 0. The first-order chi connectivity index (χ1) is 8.78. The van der Waals surface area contributed by atoms with Gasteiger partial charge < -0.3 is 0 Å². The molecule has 0 unspecified atom stereocenters. The number of hydrogen-bond donors (Lipinski definition) is 0. The SMILES string of the molecule is CSc1ncnc2sc(-c3ccc(Cl)cc3)nc12. The van der Waals surface area contributed by atoms with Crippen molar-refractivity contribution in [1.82, 2.24) is 15.0 Å². The van der Waals surface area contributed by atoms with Crippen molar-refractivity contribution in [2.45, 2.75) is 5.03 Å². The van der Waals surface area contributed by atoms with Crippen molar-refractivity contribution in [3.63, 3.8) is 0 Å². The Balaban J connectivity index is 2.16. The van der Waals surface area contributed by atoms with E-state index < -0.39 is 0 Å². The number of thiazole rings is 1. The van der Waals surface area contributed by atoms with Gasteiger partial charge in [-0.1, -0.05) is 35.1 Å². The first-order valence-electron chi connectivity index (χ1n) is 5.19. The van der Waals surface area contributed by atoms with Gasteiger partial charge in [0.05, 0.1) is 0 Å². The Bertz CT molecular complexity index is 694. The highest BCUT2D eigenvalue weighted by atomic mass is 35.5. The number of fused-ring (bicyclic) bond motifs is 1. The molecule has 0 fully saturated rings. The average molecular weight is 294 g/mol. The zero-order valence-corrected chi connectivity index (χ0v) is 11.8. The predicted octanol–water partition coefficient (Wildman–Crippen LogP) is 4.13. The fourth-order valence-electron chi connectivity index (χ4n) is 1.60. The summed E-state index contributed by atoms with van der Waals surface area (Å²) < 4.78 is 0. The van der Waals surface area contributed by atoms with Gasteiger partial charge in [0.15, 0.2) is 0 Å². The molecule has 0 atom stereocenters. The van der Waals surface area contributed by atoms with Crippen LogP contribution in [-0.4, -0.2) is 21.2 Å². The highest BCUT2D eigenvalue weighted by Gasteiger charge is 2.11. The molecular weight excluding hydrogens is 286 g/mol. The maximum atomic E-state index is 5.88. The second kappa shape index (κ2) is 4.84. The fourth-order valence-corrected chi connectivity index (χ4v) is 3.19. The minimum Gasteiger partial charge on any atom is -0.231 e. The highest BCUT2D eigenvalue weighted by molar-refractivity contribution is 7.98. The second-order valence-electron chi connectivity index (χ2n) is 3.56. The van der Waals surface area contributed by atoms with Crippen LogP contribution in [0, 0.1) is 0 Å². The molecule has 2 aromatic heterocycles. The molecule has 0 bridgehead atoms. The molecule has 18 heavy (non-hydrogen) atoms. The van der Waals surface area contributed by atoms with Crippen molar-refractivity contribution in [3.05, 3.63) is 35.6 Å². The van der Waals surface area contributed by atoms with Crippen molar-refractivity contribution in [2.75, 3.05) is 6.26 Å². The normalized spacial score (nSPS) is 11.0. The largest absolute Gasteiger partial charge is 0.231 e. The third kappa shape index (κ3) is 2.09. The van der Waals surface area contributed by atoms with Gasteiger partial charge in [0.25, 0.3) is 0 Å². The second-order valence-corrected chi connectivity index (χ2v) is 5.77. The third-order valence-corrected chi connectivity index (χ3v) is 4.40. The zero-order chi connectivity index (χ0) is 12.5. The fraction of sp³-hybridized carbons (Fsp3) is 0.0833. The quantitative estimate of drug-likeness (QED) is 0.526. The van der Waals surface area contributed by atoms with E-state index in [0.717, 1.165) is 31.0 Å². The molecular formula is C12H8ClN3S2. The Labute approximate surface area is 117 Å². The van der Waals surface area contributed by atoms with E-state index in [1.807, 2.05) is 30.5 Å². The Morgan fingerprint density at radius 1 is 1.17 bits per heavy atom. The van der Waals surface area contributed by atoms with Crippen LogP contribution in [0.2, 0.25) is 5.02 Å². The lowest BCUT2D eigenvalue weighted by Crippen LogP contribution is -1.83. The summed E-state index contributed by atoms with van der Waals surface area (Å²) in [6.07, 6.45) is 3.57. The summed E-state index contributed by atoms with van der Waals surface area (Å²) in [5, 5.41) is 2.58. The summed E-state index contributed by atoms with van der Waals surface area (Å²) in [4.78, 5) is 14.0. The summed E-state index contributed by atoms with van der Waals surface area (Å²) in [5.41, 5.74) is 1.93. The minimum atomic E-state index is 0.726. The van der Waals surface area contributed by atoms with Crippen LogP contribution in [-0.2, 0) is 0 Å². The summed E-state index contributed by atoms with van der Waals surface area (Å²) in [6.45, 7) is 0. The maximum absolute atomic E-state index is 5.88. The van der Waals surface area contributed by atoms with Crippen LogP contribution in [0.1, 0.15) is 0 Å². The number of aromatic nitrogens is 3. The van der Waals surface area contributed by atoms with Crippen molar-refractivity contribution >= 4 is 45.0 Å².